The van der Waals surface area contributed by atoms with Crippen molar-refractivity contribution >= 4 is 5.78 Å². The lowest BCUT2D eigenvalue weighted by atomic mass is 9.69. The zero-order valence-electron chi connectivity index (χ0n) is 11.9. The molecule has 0 saturated heterocycles. The fraction of sp³-hybridized carbons (Fsp3) is 0.625. The van der Waals surface area contributed by atoms with Crippen molar-refractivity contribution in [2.24, 2.45) is 17.3 Å². The van der Waals surface area contributed by atoms with Crippen molar-refractivity contribution in [1.29, 1.82) is 0 Å². The highest BCUT2D eigenvalue weighted by molar-refractivity contribution is 5.97. The molecule has 0 aliphatic heterocycles. The Labute approximate surface area is 114 Å². The lowest BCUT2D eigenvalue weighted by Crippen LogP contribution is -2.29. The number of carbonyl (C=O) groups excluding carboxylic acids is 1. The Morgan fingerprint density at radius 3 is 2.37 bits per heavy atom. The van der Waals surface area contributed by atoms with Gasteiger partial charge in [-0.2, -0.15) is 0 Å². The van der Waals surface area contributed by atoms with Gasteiger partial charge < -0.3 is 0 Å². The van der Waals surface area contributed by atoms with E-state index in [2.05, 4.69) is 25.8 Å². The van der Waals surface area contributed by atoms with E-state index < -0.39 is 5.82 Å². The van der Waals surface area contributed by atoms with E-state index in [-0.39, 0.29) is 11.7 Å². The zero-order chi connectivity index (χ0) is 14.0. The molecule has 2 rings (SSSR count). The molecule has 0 aromatic carbocycles. The van der Waals surface area contributed by atoms with Gasteiger partial charge in [-0.25, -0.2) is 4.39 Å². The number of aromatic nitrogens is 1. The van der Waals surface area contributed by atoms with Gasteiger partial charge in [-0.1, -0.05) is 20.8 Å². The van der Waals surface area contributed by atoms with E-state index in [0.717, 1.165) is 31.9 Å². The fourth-order valence-electron chi connectivity index (χ4n) is 3.00. The van der Waals surface area contributed by atoms with E-state index >= 15 is 0 Å². The molecule has 1 saturated carbocycles. The molecule has 1 aromatic heterocycles. The molecule has 0 atom stereocenters. The predicted octanol–water partition coefficient (Wildman–Crippen LogP) is 4.26. The van der Waals surface area contributed by atoms with Crippen molar-refractivity contribution < 1.29 is 9.18 Å². The third-order valence-corrected chi connectivity index (χ3v) is 4.31. The lowest BCUT2D eigenvalue weighted by molar-refractivity contribution is 0.0818. The van der Waals surface area contributed by atoms with Gasteiger partial charge in [0.05, 0.1) is 6.20 Å². The molecular weight excluding hydrogens is 241 g/mol. The second-order valence-corrected chi connectivity index (χ2v) is 6.67. The largest absolute Gasteiger partial charge is 0.294 e. The lowest BCUT2D eigenvalue weighted by Gasteiger charge is -2.36. The Morgan fingerprint density at radius 1 is 1.21 bits per heavy atom. The van der Waals surface area contributed by atoms with Crippen LogP contribution < -0.4 is 0 Å². The number of hydrogen-bond donors (Lipinski definition) is 0. The zero-order valence-corrected chi connectivity index (χ0v) is 11.9. The normalized spacial score (nSPS) is 24.2. The third-order valence-electron chi connectivity index (χ3n) is 4.31. The van der Waals surface area contributed by atoms with E-state index in [9.17, 15) is 9.18 Å². The molecule has 1 aliphatic carbocycles. The van der Waals surface area contributed by atoms with Crippen molar-refractivity contribution in [3.8, 4) is 0 Å². The van der Waals surface area contributed by atoms with Gasteiger partial charge in [0.2, 0.25) is 0 Å². The van der Waals surface area contributed by atoms with Crippen molar-refractivity contribution in [3.05, 3.63) is 29.8 Å². The average molecular weight is 263 g/mol. The minimum Gasteiger partial charge on any atom is -0.294 e. The van der Waals surface area contributed by atoms with Crippen molar-refractivity contribution in [3.63, 3.8) is 0 Å². The summed E-state index contributed by atoms with van der Waals surface area (Å²) in [6.45, 7) is 6.78. The summed E-state index contributed by atoms with van der Waals surface area (Å²) < 4.78 is 13.1. The number of pyridine rings is 1. The summed E-state index contributed by atoms with van der Waals surface area (Å²) in [6.07, 6.45) is 6.61. The van der Waals surface area contributed by atoms with Crippen LogP contribution in [-0.2, 0) is 0 Å². The van der Waals surface area contributed by atoms with Crippen molar-refractivity contribution in [1.82, 2.24) is 4.98 Å². The molecule has 1 fully saturated rings. The highest BCUT2D eigenvalue weighted by Gasteiger charge is 2.32. The van der Waals surface area contributed by atoms with Crippen LogP contribution in [0.2, 0.25) is 0 Å². The van der Waals surface area contributed by atoms with Crippen LogP contribution in [0.3, 0.4) is 0 Å². The maximum absolute atomic E-state index is 13.1. The Kier molecular flexibility index (Phi) is 4.02. The summed E-state index contributed by atoms with van der Waals surface area (Å²) >= 11 is 0. The van der Waals surface area contributed by atoms with Crippen LogP contribution in [0.5, 0.6) is 0 Å². The molecule has 1 heterocycles. The van der Waals surface area contributed by atoms with Crippen LogP contribution in [0, 0.1) is 23.1 Å². The van der Waals surface area contributed by atoms with Gasteiger partial charge in [0.25, 0.3) is 0 Å². The Bertz CT molecular complexity index is 456. The van der Waals surface area contributed by atoms with Gasteiger partial charge in [-0.05, 0) is 43.1 Å². The first kappa shape index (κ1) is 14.2. The van der Waals surface area contributed by atoms with E-state index in [1.807, 2.05) is 0 Å². The molecule has 19 heavy (non-hydrogen) atoms. The van der Waals surface area contributed by atoms with Crippen LogP contribution in [0.25, 0.3) is 0 Å². The van der Waals surface area contributed by atoms with E-state index in [0.29, 0.717) is 16.9 Å². The van der Waals surface area contributed by atoms with Gasteiger partial charge in [0.15, 0.2) is 5.78 Å². The Balaban J connectivity index is 2.00. The minimum absolute atomic E-state index is 0.0437. The predicted molar refractivity (Wildman–Crippen MR) is 73.4 cm³/mol. The summed E-state index contributed by atoms with van der Waals surface area (Å²) in [4.78, 5) is 16.1. The number of rotatable bonds is 2. The van der Waals surface area contributed by atoms with Crippen LogP contribution >= 0.6 is 0 Å². The fourth-order valence-corrected chi connectivity index (χ4v) is 3.00. The molecule has 104 valence electrons. The summed E-state index contributed by atoms with van der Waals surface area (Å²) in [5.41, 5.74) is 0.730. The van der Waals surface area contributed by atoms with Crippen LogP contribution in [0.4, 0.5) is 4.39 Å². The smallest absolute Gasteiger partial charge is 0.167 e. The molecule has 0 bridgehead atoms. The van der Waals surface area contributed by atoms with E-state index in [4.69, 9.17) is 0 Å². The quantitative estimate of drug-likeness (QED) is 0.746. The van der Waals surface area contributed by atoms with Gasteiger partial charge >= 0.3 is 0 Å². The second kappa shape index (κ2) is 5.40. The first-order valence-corrected chi connectivity index (χ1v) is 7.02. The molecule has 0 N–H and O–H groups in total. The van der Waals surface area contributed by atoms with Crippen molar-refractivity contribution in [2.45, 2.75) is 46.5 Å². The minimum atomic E-state index is -0.436. The van der Waals surface area contributed by atoms with Gasteiger partial charge in [-0.15, -0.1) is 0 Å². The first-order valence-electron chi connectivity index (χ1n) is 7.02. The number of nitrogens with zero attached hydrogens (tertiary/aromatic N) is 1. The second-order valence-electron chi connectivity index (χ2n) is 6.67. The summed E-state index contributed by atoms with van der Waals surface area (Å²) in [5.74, 6) is 0.345. The standard InChI is InChI=1S/C16H22FNO/c1-16(2,3)13-6-4-11(5-7-13)15(19)12-8-14(17)10-18-9-12/h8-11,13H,4-7H2,1-3H3. The third kappa shape index (κ3) is 3.40. The molecule has 0 unspecified atom stereocenters. The number of ketones is 1. The highest BCUT2D eigenvalue weighted by Crippen LogP contribution is 2.40. The molecule has 0 amide bonds. The van der Waals surface area contributed by atoms with E-state index in [1.165, 1.54) is 12.3 Å². The molecule has 1 aromatic rings. The number of halogens is 1. The van der Waals surface area contributed by atoms with Gasteiger partial charge in [0, 0.05) is 17.7 Å². The molecule has 1 aliphatic rings. The van der Waals surface area contributed by atoms with E-state index in [1.54, 1.807) is 0 Å². The molecule has 0 spiro atoms. The maximum Gasteiger partial charge on any atom is 0.167 e. The molecule has 0 radical (unpaired) electrons. The molecule has 3 heteroatoms. The highest BCUT2D eigenvalue weighted by atomic mass is 19.1. The van der Waals surface area contributed by atoms with Gasteiger partial charge in [0.1, 0.15) is 5.82 Å². The maximum atomic E-state index is 13.1. The van der Waals surface area contributed by atoms with Crippen LogP contribution in [0.15, 0.2) is 18.5 Å². The number of hydrogen-bond acceptors (Lipinski definition) is 2. The monoisotopic (exact) mass is 263 g/mol. The molecule has 2 nitrogen and oxygen atoms in total. The summed E-state index contributed by atoms with van der Waals surface area (Å²) in [6, 6.07) is 1.30. The van der Waals surface area contributed by atoms with Crippen molar-refractivity contribution in [2.75, 3.05) is 0 Å². The SMILES string of the molecule is CC(C)(C)C1CCC(C(=O)c2cncc(F)c2)CC1. The first-order chi connectivity index (χ1) is 8.88. The number of Topliss-reactive ketones (excluding diaryl/α,β-unsaturated/α-hetero) is 1. The summed E-state index contributed by atoms with van der Waals surface area (Å²) in [5, 5.41) is 0. The topological polar surface area (TPSA) is 30.0 Å². The Morgan fingerprint density at radius 2 is 1.84 bits per heavy atom. The number of carbonyl (C=O) groups is 1. The Hall–Kier alpha value is -1.25. The molecular formula is C16H22FNO. The van der Waals surface area contributed by atoms with Gasteiger partial charge in [-0.3, -0.25) is 9.78 Å². The van der Waals surface area contributed by atoms with Crippen LogP contribution in [-0.4, -0.2) is 10.8 Å². The average Bonchev–Trinajstić information content (AvgIpc) is 2.37. The van der Waals surface area contributed by atoms with Crippen LogP contribution in [0.1, 0.15) is 56.8 Å². The summed E-state index contributed by atoms with van der Waals surface area (Å²) in [7, 11) is 0.